The minimum atomic E-state index is -4.28. The highest BCUT2D eigenvalue weighted by molar-refractivity contribution is 5.82. The molecule has 1 atom stereocenters. The van der Waals surface area contributed by atoms with Gasteiger partial charge in [0.15, 0.2) is 0 Å². The average molecular weight is 153 g/mol. The van der Waals surface area contributed by atoms with E-state index in [2.05, 4.69) is 9.99 Å². The number of alkyl halides is 3. The van der Waals surface area contributed by atoms with E-state index in [9.17, 15) is 13.2 Å². The third kappa shape index (κ3) is 1.40. The quantitative estimate of drug-likeness (QED) is 0.519. The van der Waals surface area contributed by atoms with Gasteiger partial charge in [0, 0.05) is 6.42 Å². The van der Waals surface area contributed by atoms with E-state index in [1.165, 1.54) is 6.92 Å². The summed E-state index contributed by atoms with van der Waals surface area (Å²) < 4.78 is 35.2. The molecule has 0 aromatic rings. The molecule has 1 aliphatic rings. The van der Waals surface area contributed by atoms with E-state index in [-0.39, 0.29) is 6.42 Å². The van der Waals surface area contributed by atoms with E-state index < -0.39 is 12.3 Å². The summed E-state index contributed by atoms with van der Waals surface area (Å²) in [6.45, 7) is 1.51. The Morgan fingerprint density at radius 1 is 1.60 bits per heavy atom. The highest BCUT2D eigenvalue weighted by Gasteiger charge is 2.44. The molecule has 0 saturated carbocycles. The Hall–Kier alpha value is -0.740. The summed E-state index contributed by atoms with van der Waals surface area (Å²) in [5.74, 6) is 0. The van der Waals surface area contributed by atoms with E-state index >= 15 is 0 Å². The minimum Gasteiger partial charge on any atom is -0.382 e. The van der Waals surface area contributed by atoms with Crippen LogP contribution in [0.4, 0.5) is 13.2 Å². The van der Waals surface area contributed by atoms with Crippen LogP contribution >= 0.6 is 0 Å². The summed E-state index contributed by atoms with van der Waals surface area (Å²) >= 11 is 0. The van der Waals surface area contributed by atoms with Crippen molar-refractivity contribution < 1.29 is 18.0 Å². The summed E-state index contributed by atoms with van der Waals surface area (Å²) in [5, 5.41) is 3.18. The highest BCUT2D eigenvalue weighted by Crippen LogP contribution is 2.28. The van der Waals surface area contributed by atoms with E-state index in [0.717, 1.165) is 0 Å². The van der Waals surface area contributed by atoms with Gasteiger partial charge in [0.05, 0.1) is 5.71 Å². The molecule has 1 rings (SSSR count). The molecule has 0 aromatic heterocycles. The van der Waals surface area contributed by atoms with Gasteiger partial charge in [-0.05, 0) is 6.92 Å². The van der Waals surface area contributed by atoms with Crippen LogP contribution in [0.5, 0.6) is 0 Å². The predicted octanol–water partition coefficient (Wildman–Crippen LogP) is 1.71. The Bertz CT molecular complexity index is 163. The van der Waals surface area contributed by atoms with Gasteiger partial charge < -0.3 is 4.84 Å². The van der Waals surface area contributed by atoms with Crippen LogP contribution in [0.1, 0.15) is 13.3 Å². The van der Waals surface area contributed by atoms with Crippen LogP contribution < -0.4 is 0 Å². The molecule has 0 fully saturated rings. The Kier molecular flexibility index (Phi) is 1.58. The number of nitrogens with zero attached hydrogens (tertiary/aromatic N) is 1. The molecule has 0 radical (unpaired) electrons. The van der Waals surface area contributed by atoms with E-state index in [4.69, 9.17) is 0 Å². The highest BCUT2D eigenvalue weighted by atomic mass is 19.4. The van der Waals surface area contributed by atoms with Crippen molar-refractivity contribution in [3.05, 3.63) is 0 Å². The van der Waals surface area contributed by atoms with E-state index in [0.29, 0.717) is 5.71 Å². The maximum absolute atomic E-state index is 11.7. The van der Waals surface area contributed by atoms with Crippen molar-refractivity contribution >= 4 is 5.71 Å². The van der Waals surface area contributed by atoms with E-state index in [1.807, 2.05) is 0 Å². The van der Waals surface area contributed by atoms with Gasteiger partial charge in [-0.3, -0.25) is 0 Å². The van der Waals surface area contributed by atoms with E-state index in [1.54, 1.807) is 0 Å². The zero-order chi connectivity index (χ0) is 7.78. The van der Waals surface area contributed by atoms with Crippen molar-refractivity contribution in [2.24, 2.45) is 5.16 Å². The fourth-order valence-electron chi connectivity index (χ4n) is 0.672. The lowest BCUT2D eigenvalue weighted by Gasteiger charge is -2.10. The lowest BCUT2D eigenvalue weighted by molar-refractivity contribution is -0.212. The first-order valence-electron chi connectivity index (χ1n) is 2.76. The average Bonchev–Trinajstić information content (AvgIpc) is 2.11. The van der Waals surface area contributed by atoms with Gasteiger partial charge in [-0.15, -0.1) is 0 Å². The molecule has 0 spiro atoms. The fourth-order valence-corrected chi connectivity index (χ4v) is 0.672. The molecule has 0 N–H and O–H groups in total. The smallest absolute Gasteiger partial charge is 0.382 e. The molecule has 58 valence electrons. The lowest BCUT2D eigenvalue weighted by atomic mass is 10.2. The minimum absolute atomic E-state index is 0.135. The number of rotatable bonds is 0. The lowest BCUT2D eigenvalue weighted by Crippen LogP contribution is -2.28. The van der Waals surface area contributed by atoms with Gasteiger partial charge in [0.1, 0.15) is 0 Å². The molecule has 1 aliphatic heterocycles. The van der Waals surface area contributed by atoms with Crippen molar-refractivity contribution in [3.8, 4) is 0 Å². The first-order valence-corrected chi connectivity index (χ1v) is 2.76. The normalized spacial score (nSPS) is 26.0. The molecule has 0 aromatic carbocycles. The van der Waals surface area contributed by atoms with Crippen LogP contribution in [0, 0.1) is 0 Å². The van der Waals surface area contributed by atoms with Crippen LogP contribution in [-0.2, 0) is 4.84 Å². The van der Waals surface area contributed by atoms with Crippen molar-refractivity contribution in [2.45, 2.75) is 25.6 Å². The predicted molar refractivity (Wildman–Crippen MR) is 28.7 cm³/mol. The molecule has 0 aliphatic carbocycles. The van der Waals surface area contributed by atoms with Crippen LogP contribution in [0.2, 0.25) is 0 Å². The van der Waals surface area contributed by atoms with Crippen LogP contribution in [0.25, 0.3) is 0 Å². The van der Waals surface area contributed by atoms with Gasteiger partial charge in [0.2, 0.25) is 6.10 Å². The topological polar surface area (TPSA) is 21.6 Å². The van der Waals surface area contributed by atoms with Crippen LogP contribution in [0.15, 0.2) is 5.16 Å². The Labute approximate surface area is 55.7 Å². The number of hydrogen-bond donors (Lipinski definition) is 0. The van der Waals surface area contributed by atoms with Crippen molar-refractivity contribution in [3.63, 3.8) is 0 Å². The second-order valence-electron chi connectivity index (χ2n) is 2.17. The van der Waals surface area contributed by atoms with Gasteiger partial charge in [-0.2, -0.15) is 13.2 Å². The standard InChI is InChI=1S/C5H6F3NO/c1-3-2-4(10-9-3)5(6,7)8/h4H,2H2,1H3/t4-/m0/s1. The third-order valence-corrected chi connectivity index (χ3v) is 1.18. The molecule has 1 heterocycles. The van der Waals surface area contributed by atoms with Crippen LogP contribution in [-0.4, -0.2) is 18.0 Å². The Morgan fingerprint density at radius 2 is 2.20 bits per heavy atom. The maximum Gasteiger partial charge on any atom is 0.428 e. The second kappa shape index (κ2) is 2.14. The third-order valence-electron chi connectivity index (χ3n) is 1.18. The van der Waals surface area contributed by atoms with Crippen LogP contribution in [0.3, 0.4) is 0 Å². The van der Waals surface area contributed by atoms with Gasteiger partial charge in [0.25, 0.3) is 0 Å². The Balaban J connectivity index is 2.50. The van der Waals surface area contributed by atoms with Crippen molar-refractivity contribution in [1.29, 1.82) is 0 Å². The first-order chi connectivity index (χ1) is 4.50. The Morgan fingerprint density at radius 3 is 2.40 bits per heavy atom. The first kappa shape index (κ1) is 7.37. The summed E-state index contributed by atoms with van der Waals surface area (Å²) in [5.41, 5.74) is 0.391. The molecule has 2 nitrogen and oxygen atoms in total. The monoisotopic (exact) mass is 153 g/mol. The van der Waals surface area contributed by atoms with Gasteiger partial charge in [-0.1, -0.05) is 5.16 Å². The summed E-state index contributed by atoms with van der Waals surface area (Å²) in [6, 6.07) is 0. The molecular weight excluding hydrogens is 147 g/mol. The van der Waals surface area contributed by atoms with Gasteiger partial charge in [-0.25, -0.2) is 0 Å². The fraction of sp³-hybridized carbons (Fsp3) is 0.800. The number of hydrogen-bond acceptors (Lipinski definition) is 2. The zero-order valence-corrected chi connectivity index (χ0v) is 5.27. The molecule has 0 amide bonds. The summed E-state index contributed by atoms with van der Waals surface area (Å²) in [4.78, 5) is 4.09. The van der Waals surface area contributed by atoms with Crippen molar-refractivity contribution in [1.82, 2.24) is 0 Å². The maximum atomic E-state index is 11.7. The number of halogens is 3. The molecule has 0 saturated heterocycles. The molecule has 5 heteroatoms. The zero-order valence-electron chi connectivity index (χ0n) is 5.27. The molecule has 0 bridgehead atoms. The number of oxime groups is 1. The van der Waals surface area contributed by atoms with Gasteiger partial charge >= 0.3 is 6.18 Å². The largest absolute Gasteiger partial charge is 0.428 e. The molecular formula is C5H6F3NO. The van der Waals surface area contributed by atoms with Crippen molar-refractivity contribution in [2.75, 3.05) is 0 Å². The molecule has 0 unspecified atom stereocenters. The second-order valence-corrected chi connectivity index (χ2v) is 2.17. The molecule has 10 heavy (non-hydrogen) atoms. The summed E-state index contributed by atoms with van der Waals surface area (Å²) in [6.07, 6.45) is -6.13. The summed E-state index contributed by atoms with van der Waals surface area (Å²) in [7, 11) is 0. The SMILES string of the molecule is CC1=NO[C@H](C(F)(F)F)C1.